The van der Waals surface area contributed by atoms with Crippen LogP contribution in [0.2, 0.25) is 0 Å². The van der Waals surface area contributed by atoms with Gasteiger partial charge in [0.25, 0.3) is 6.43 Å². The Kier molecular flexibility index (Phi) is 30.9. The summed E-state index contributed by atoms with van der Waals surface area (Å²) in [6.45, 7) is 25.1. The molecule has 0 aliphatic heterocycles. The summed E-state index contributed by atoms with van der Waals surface area (Å²) in [5.41, 5.74) is 2.32. The standard InChI is InChI=1S/C29H43F2N3O2.3C2H6/c1-7-11-12-13-15-25(32-20-28(30)31)19-29(35)34-22(6)33-26-18-24(17-16-23(26)9-3)27(10-4)36-21(5)14-8-2;3*1-2/h9-10,14,16-18,25,28,32H,3,7-8,11-13,15,19-20H2,1-2,4-6H3,(H,33,34,35);3*1-2H3/b21-14+,27-10-;;;. The van der Waals surface area contributed by atoms with Crippen molar-refractivity contribution >= 4 is 29.3 Å². The Morgan fingerprint density at radius 3 is 2.21 bits per heavy atom. The first-order valence-corrected chi connectivity index (χ1v) is 15.9. The molecule has 0 aliphatic rings. The third-order valence-electron chi connectivity index (χ3n) is 5.57. The van der Waals surface area contributed by atoms with Crippen molar-refractivity contribution in [2.45, 2.75) is 134 Å². The number of unbranched alkanes of at least 4 members (excludes halogenated alkanes) is 3. The van der Waals surface area contributed by atoms with E-state index in [1.165, 1.54) is 0 Å². The minimum atomic E-state index is -2.45. The minimum absolute atomic E-state index is 0.111. The maximum absolute atomic E-state index is 12.7. The van der Waals surface area contributed by atoms with Crippen molar-refractivity contribution in [3.63, 3.8) is 0 Å². The molecular formula is C35H61F2N3O2. The van der Waals surface area contributed by atoms with Crippen molar-refractivity contribution in [3.8, 4) is 0 Å². The molecule has 0 saturated heterocycles. The van der Waals surface area contributed by atoms with Gasteiger partial charge in [-0.05, 0) is 57.4 Å². The fourth-order valence-electron chi connectivity index (χ4n) is 3.79. The molecule has 1 unspecified atom stereocenters. The first-order chi connectivity index (χ1) is 20.2. The van der Waals surface area contributed by atoms with Crippen LogP contribution in [0.5, 0.6) is 0 Å². The lowest BCUT2D eigenvalue weighted by Gasteiger charge is -2.18. The molecule has 0 heterocycles. The highest BCUT2D eigenvalue weighted by Gasteiger charge is 2.16. The molecular weight excluding hydrogens is 532 g/mol. The van der Waals surface area contributed by atoms with Crippen molar-refractivity contribution in [1.29, 1.82) is 0 Å². The van der Waals surface area contributed by atoms with Crippen LogP contribution >= 0.6 is 0 Å². The molecule has 0 fully saturated rings. The molecule has 242 valence electrons. The lowest BCUT2D eigenvalue weighted by Crippen LogP contribution is -2.39. The maximum atomic E-state index is 12.7. The third kappa shape index (κ3) is 21.0. The van der Waals surface area contributed by atoms with Crippen LogP contribution in [-0.4, -0.2) is 30.8 Å². The zero-order valence-electron chi connectivity index (χ0n) is 28.5. The van der Waals surface area contributed by atoms with Crippen LogP contribution in [0, 0.1) is 0 Å². The molecule has 42 heavy (non-hydrogen) atoms. The molecule has 1 aromatic rings. The van der Waals surface area contributed by atoms with Gasteiger partial charge in [0.05, 0.1) is 18.0 Å². The number of carbonyl (C=O) groups is 1. The third-order valence-corrected chi connectivity index (χ3v) is 5.57. The van der Waals surface area contributed by atoms with Crippen LogP contribution in [0.4, 0.5) is 14.5 Å². The van der Waals surface area contributed by atoms with E-state index in [1.54, 1.807) is 13.0 Å². The second kappa shape index (κ2) is 29.7. The summed E-state index contributed by atoms with van der Waals surface area (Å²) >= 11 is 0. The van der Waals surface area contributed by atoms with Gasteiger partial charge in [0, 0.05) is 18.0 Å². The van der Waals surface area contributed by atoms with E-state index in [0.29, 0.717) is 23.7 Å². The van der Waals surface area contributed by atoms with Gasteiger partial charge in [-0.3, -0.25) is 4.79 Å². The molecule has 1 amide bonds. The molecule has 7 heteroatoms. The molecule has 2 N–H and O–H groups in total. The van der Waals surface area contributed by atoms with E-state index in [2.05, 4.69) is 36.1 Å². The van der Waals surface area contributed by atoms with Gasteiger partial charge in [-0.15, -0.1) is 0 Å². The predicted octanol–water partition coefficient (Wildman–Crippen LogP) is 10.8. The number of ether oxygens (including phenoxy) is 1. The second-order valence-corrected chi connectivity index (χ2v) is 8.75. The highest BCUT2D eigenvalue weighted by molar-refractivity contribution is 5.98. The number of benzene rings is 1. The predicted molar refractivity (Wildman–Crippen MR) is 181 cm³/mol. The van der Waals surface area contributed by atoms with Gasteiger partial charge in [-0.25, -0.2) is 13.8 Å². The average molecular weight is 594 g/mol. The number of hydrogen-bond acceptors (Lipinski definition) is 4. The topological polar surface area (TPSA) is 62.7 Å². The smallest absolute Gasteiger partial charge is 0.250 e. The summed E-state index contributed by atoms with van der Waals surface area (Å²) in [6, 6.07) is 5.44. The summed E-state index contributed by atoms with van der Waals surface area (Å²) in [6.07, 6.45) is 8.93. The number of carbonyl (C=O) groups excluding carboxylic acids is 1. The van der Waals surface area contributed by atoms with E-state index < -0.39 is 13.0 Å². The fraction of sp³-hybridized carbons (Fsp3) is 0.600. The molecule has 0 bridgehead atoms. The van der Waals surface area contributed by atoms with E-state index in [9.17, 15) is 13.6 Å². The summed E-state index contributed by atoms with van der Waals surface area (Å²) in [5, 5.41) is 5.64. The lowest BCUT2D eigenvalue weighted by atomic mass is 10.0. The van der Waals surface area contributed by atoms with E-state index in [0.717, 1.165) is 49.0 Å². The second-order valence-electron chi connectivity index (χ2n) is 8.75. The van der Waals surface area contributed by atoms with Crippen LogP contribution in [0.25, 0.3) is 11.8 Å². The molecule has 0 saturated carbocycles. The molecule has 0 radical (unpaired) electrons. The fourth-order valence-corrected chi connectivity index (χ4v) is 3.79. The van der Waals surface area contributed by atoms with E-state index in [4.69, 9.17) is 4.74 Å². The number of nitrogens with zero attached hydrogens (tertiary/aromatic N) is 1. The minimum Gasteiger partial charge on any atom is -0.462 e. The number of hydrogen-bond donors (Lipinski definition) is 2. The molecule has 1 atom stereocenters. The zero-order valence-corrected chi connectivity index (χ0v) is 28.5. The number of allylic oxidation sites excluding steroid dienone is 3. The van der Waals surface area contributed by atoms with Gasteiger partial charge in [-0.1, -0.05) is 106 Å². The molecule has 1 rings (SSSR count). The number of aliphatic imine (C=N–C) groups is 1. The summed E-state index contributed by atoms with van der Waals surface area (Å²) in [4.78, 5) is 17.3. The monoisotopic (exact) mass is 593 g/mol. The highest BCUT2D eigenvalue weighted by Crippen LogP contribution is 2.28. The Morgan fingerprint density at radius 2 is 1.69 bits per heavy atom. The highest BCUT2D eigenvalue weighted by atomic mass is 19.3. The van der Waals surface area contributed by atoms with E-state index >= 15 is 0 Å². The number of nitrogens with one attached hydrogen (secondary N) is 2. The van der Waals surface area contributed by atoms with Crippen molar-refractivity contribution in [3.05, 3.63) is 53.8 Å². The van der Waals surface area contributed by atoms with E-state index in [-0.39, 0.29) is 18.4 Å². The first kappa shape index (κ1) is 43.7. The van der Waals surface area contributed by atoms with Crippen molar-refractivity contribution in [2.24, 2.45) is 4.99 Å². The number of amides is 1. The number of amidine groups is 1. The van der Waals surface area contributed by atoms with Crippen molar-refractivity contribution in [2.75, 3.05) is 6.54 Å². The Bertz CT molecular complexity index is 925. The largest absolute Gasteiger partial charge is 0.462 e. The Balaban J connectivity index is -0.00000237. The number of alkyl halides is 2. The van der Waals surface area contributed by atoms with Crippen LogP contribution in [0.3, 0.4) is 0 Å². The zero-order chi connectivity index (χ0) is 32.9. The quantitative estimate of drug-likeness (QED) is 0.0867. The van der Waals surface area contributed by atoms with Gasteiger partial charge in [0.15, 0.2) is 0 Å². The normalized spacial score (nSPS) is 12.1. The summed E-state index contributed by atoms with van der Waals surface area (Å²) < 4.78 is 31.4. The van der Waals surface area contributed by atoms with Gasteiger partial charge in [0.2, 0.25) is 5.91 Å². The molecule has 0 aliphatic carbocycles. The van der Waals surface area contributed by atoms with E-state index in [1.807, 2.05) is 85.7 Å². The molecule has 5 nitrogen and oxygen atoms in total. The molecule has 1 aromatic carbocycles. The van der Waals surface area contributed by atoms with Crippen LogP contribution < -0.4 is 10.6 Å². The molecule has 0 spiro atoms. The Labute approximate surface area is 257 Å². The number of rotatable bonds is 16. The summed E-state index contributed by atoms with van der Waals surface area (Å²) in [5.74, 6) is 1.69. The average Bonchev–Trinajstić information content (AvgIpc) is 2.99. The van der Waals surface area contributed by atoms with Crippen LogP contribution in [0.15, 0.2) is 47.7 Å². The van der Waals surface area contributed by atoms with Gasteiger partial charge < -0.3 is 15.4 Å². The SMILES string of the molecule is C=Cc1ccc(/C(=C/C)O/C(C)=C/CC)cc1N=C(C)NC(=O)CC(CCCCCC)NCC(F)F.CC.CC.CC. The van der Waals surface area contributed by atoms with Crippen molar-refractivity contribution < 1.29 is 18.3 Å². The van der Waals surface area contributed by atoms with Crippen LogP contribution in [0.1, 0.15) is 132 Å². The van der Waals surface area contributed by atoms with Gasteiger partial charge in [-0.2, -0.15) is 0 Å². The first-order valence-electron chi connectivity index (χ1n) is 15.9. The van der Waals surface area contributed by atoms with Crippen molar-refractivity contribution in [1.82, 2.24) is 10.6 Å². The summed E-state index contributed by atoms with van der Waals surface area (Å²) in [7, 11) is 0. The lowest BCUT2D eigenvalue weighted by molar-refractivity contribution is -0.120. The number of halogens is 2. The molecule has 0 aromatic heterocycles. The van der Waals surface area contributed by atoms with Gasteiger partial charge >= 0.3 is 0 Å². The van der Waals surface area contributed by atoms with Gasteiger partial charge in [0.1, 0.15) is 11.6 Å². The Hall–Kier alpha value is -2.80. The Morgan fingerprint density at radius 1 is 1.05 bits per heavy atom. The maximum Gasteiger partial charge on any atom is 0.250 e. The van der Waals surface area contributed by atoms with Crippen LogP contribution in [-0.2, 0) is 9.53 Å².